The number of hydrogen-bond donors (Lipinski definition) is 2. The van der Waals surface area contributed by atoms with Crippen LogP contribution in [0.2, 0.25) is 0 Å². The van der Waals surface area contributed by atoms with Crippen LogP contribution in [0.15, 0.2) is 57.9 Å². The second-order valence-corrected chi connectivity index (χ2v) is 6.77. The van der Waals surface area contributed by atoms with Crippen LogP contribution < -0.4 is 11.5 Å². The maximum atomic E-state index is 13.9. The normalized spacial score (nSPS) is 16.6. The SMILES string of the molecule is C=C(C)C1=NN=C(C(CCC)/C(N)=C(C)/C=C(\N)c2c(F)cccc2F)C1. The number of allylic oxidation sites excluding steroid dienone is 4. The molecule has 1 aromatic carbocycles. The van der Waals surface area contributed by atoms with Gasteiger partial charge in [0.25, 0.3) is 0 Å². The largest absolute Gasteiger partial charge is 0.401 e. The maximum absolute atomic E-state index is 13.9. The summed E-state index contributed by atoms with van der Waals surface area (Å²) < 4.78 is 27.9. The zero-order chi connectivity index (χ0) is 20.1. The predicted octanol–water partition coefficient (Wildman–Crippen LogP) is 4.69. The lowest BCUT2D eigenvalue weighted by atomic mass is 9.88. The van der Waals surface area contributed by atoms with Crippen LogP contribution in [0.25, 0.3) is 5.70 Å². The monoisotopic (exact) mass is 372 g/mol. The van der Waals surface area contributed by atoms with Crippen LogP contribution in [0.5, 0.6) is 0 Å². The van der Waals surface area contributed by atoms with E-state index in [2.05, 4.69) is 23.7 Å². The zero-order valence-electron chi connectivity index (χ0n) is 16.0. The highest BCUT2D eigenvalue weighted by Gasteiger charge is 2.24. The minimum absolute atomic E-state index is 0.00599. The van der Waals surface area contributed by atoms with Crippen molar-refractivity contribution in [3.63, 3.8) is 0 Å². The summed E-state index contributed by atoms with van der Waals surface area (Å²) in [6.07, 6.45) is 3.81. The van der Waals surface area contributed by atoms with E-state index in [0.29, 0.717) is 17.7 Å². The fraction of sp³-hybridized carbons (Fsp3) is 0.333. The number of hydrogen-bond acceptors (Lipinski definition) is 4. The molecule has 1 heterocycles. The van der Waals surface area contributed by atoms with Gasteiger partial charge in [0.2, 0.25) is 0 Å². The van der Waals surface area contributed by atoms with Crippen LogP contribution in [0, 0.1) is 17.6 Å². The van der Waals surface area contributed by atoms with E-state index in [-0.39, 0.29) is 17.2 Å². The van der Waals surface area contributed by atoms with E-state index >= 15 is 0 Å². The first-order chi connectivity index (χ1) is 12.8. The molecular weight excluding hydrogens is 346 g/mol. The van der Waals surface area contributed by atoms with Gasteiger partial charge in [0, 0.05) is 23.7 Å². The van der Waals surface area contributed by atoms with E-state index < -0.39 is 11.6 Å². The first-order valence-corrected chi connectivity index (χ1v) is 8.93. The molecule has 1 aliphatic rings. The number of nitrogens with two attached hydrogens (primary N) is 2. The van der Waals surface area contributed by atoms with Crippen molar-refractivity contribution in [3.8, 4) is 0 Å². The Morgan fingerprint density at radius 1 is 1.22 bits per heavy atom. The smallest absolute Gasteiger partial charge is 0.135 e. The Morgan fingerprint density at radius 2 is 1.85 bits per heavy atom. The molecule has 0 saturated carbocycles. The molecule has 0 spiro atoms. The third kappa shape index (κ3) is 4.70. The van der Waals surface area contributed by atoms with E-state index in [1.54, 1.807) is 6.92 Å². The van der Waals surface area contributed by atoms with Gasteiger partial charge in [-0.25, -0.2) is 8.78 Å². The highest BCUT2D eigenvalue weighted by molar-refractivity contribution is 6.15. The molecule has 0 radical (unpaired) electrons. The van der Waals surface area contributed by atoms with Gasteiger partial charge in [-0.2, -0.15) is 10.2 Å². The summed E-state index contributed by atoms with van der Waals surface area (Å²) in [4.78, 5) is 0. The second kappa shape index (κ2) is 8.75. The zero-order valence-corrected chi connectivity index (χ0v) is 16.0. The van der Waals surface area contributed by atoms with Gasteiger partial charge in [-0.3, -0.25) is 0 Å². The molecule has 0 fully saturated rings. The molecule has 4 N–H and O–H groups in total. The molecule has 4 nitrogen and oxygen atoms in total. The predicted molar refractivity (Wildman–Crippen MR) is 108 cm³/mol. The summed E-state index contributed by atoms with van der Waals surface area (Å²) in [5.41, 5.74) is 15.9. The van der Waals surface area contributed by atoms with Crippen molar-refractivity contribution in [3.05, 3.63) is 64.9 Å². The van der Waals surface area contributed by atoms with Crippen LogP contribution in [0.1, 0.15) is 45.6 Å². The fourth-order valence-corrected chi connectivity index (χ4v) is 3.02. The average molecular weight is 372 g/mol. The van der Waals surface area contributed by atoms with Crippen molar-refractivity contribution in [2.45, 2.75) is 40.0 Å². The molecule has 0 aliphatic carbocycles. The van der Waals surface area contributed by atoms with E-state index in [9.17, 15) is 8.78 Å². The molecule has 1 aliphatic heterocycles. The van der Waals surface area contributed by atoms with Crippen molar-refractivity contribution in [2.24, 2.45) is 27.6 Å². The lowest BCUT2D eigenvalue weighted by Crippen LogP contribution is -2.23. The van der Waals surface area contributed by atoms with E-state index in [0.717, 1.165) is 29.8 Å². The van der Waals surface area contributed by atoms with E-state index in [1.165, 1.54) is 24.3 Å². The lowest BCUT2D eigenvalue weighted by Gasteiger charge is -2.19. The van der Waals surface area contributed by atoms with Crippen LogP contribution in [-0.2, 0) is 0 Å². The summed E-state index contributed by atoms with van der Waals surface area (Å²) in [5, 5.41) is 8.46. The molecule has 0 bridgehead atoms. The summed E-state index contributed by atoms with van der Waals surface area (Å²) in [6.45, 7) is 9.63. The Bertz CT molecular complexity index is 843. The molecular formula is C21H26F2N4. The Kier molecular flexibility index (Phi) is 6.66. The Labute approximate surface area is 159 Å². The van der Waals surface area contributed by atoms with Crippen LogP contribution >= 0.6 is 0 Å². The fourth-order valence-electron chi connectivity index (χ4n) is 3.02. The van der Waals surface area contributed by atoms with Gasteiger partial charge in [-0.1, -0.05) is 26.0 Å². The molecule has 27 heavy (non-hydrogen) atoms. The molecule has 1 unspecified atom stereocenters. The number of rotatable bonds is 7. The Hall–Kier alpha value is -2.76. The molecule has 144 valence electrons. The van der Waals surface area contributed by atoms with Crippen molar-refractivity contribution >= 4 is 17.1 Å². The average Bonchev–Trinajstić information content (AvgIpc) is 3.09. The first kappa shape index (κ1) is 20.6. The van der Waals surface area contributed by atoms with Crippen LogP contribution in [0.4, 0.5) is 8.78 Å². The first-order valence-electron chi connectivity index (χ1n) is 8.93. The summed E-state index contributed by atoms with van der Waals surface area (Å²) in [6, 6.07) is 3.64. The molecule has 2 rings (SSSR count). The van der Waals surface area contributed by atoms with Crippen LogP contribution in [-0.4, -0.2) is 11.4 Å². The third-order valence-electron chi connectivity index (χ3n) is 4.57. The van der Waals surface area contributed by atoms with Gasteiger partial charge in [0.05, 0.1) is 17.0 Å². The number of benzene rings is 1. The molecule has 0 saturated heterocycles. The van der Waals surface area contributed by atoms with Gasteiger partial charge in [0.15, 0.2) is 0 Å². The van der Waals surface area contributed by atoms with Crippen LogP contribution in [0.3, 0.4) is 0 Å². The minimum atomic E-state index is -0.708. The van der Waals surface area contributed by atoms with E-state index in [1.807, 2.05) is 6.92 Å². The minimum Gasteiger partial charge on any atom is -0.401 e. The number of halogens is 2. The van der Waals surface area contributed by atoms with Gasteiger partial charge in [-0.15, -0.1) is 0 Å². The summed E-state index contributed by atoms with van der Waals surface area (Å²) in [7, 11) is 0. The van der Waals surface area contributed by atoms with Crippen molar-refractivity contribution in [1.29, 1.82) is 0 Å². The van der Waals surface area contributed by atoms with E-state index in [4.69, 9.17) is 11.5 Å². The highest BCUT2D eigenvalue weighted by atomic mass is 19.1. The second-order valence-electron chi connectivity index (χ2n) is 6.77. The van der Waals surface area contributed by atoms with Gasteiger partial charge in [0.1, 0.15) is 11.6 Å². The maximum Gasteiger partial charge on any atom is 0.135 e. The topological polar surface area (TPSA) is 76.8 Å². The molecule has 0 aromatic heterocycles. The molecule has 1 atom stereocenters. The van der Waals surface area contributed by atoms with Crippen molar-refractivity contribution < 1.29 is 8.78 Å². The van der Waals surface area contributed by atoms with Gasteiger partial charge >= 0.3 is 0 Å². The Morgan fingerprint density at radius 3 is 2.37 bits per heavy atom. The lowest BCUT2D eigenvalue weighted by molar-refractivity contribution is 0.576. The summed E-state index contributed by atoms with van der Waals surface area (Å²) >= 11 is 0. The van der Waals surface area contributed by atoms with Crippen molar-refractivity contribution in [1.82, 2.24) is 0 Å². The van der Waals surface area contributed by atoms with Crippen molar-refractivity contribution in [2.75, 3.05) is 0 Å². The molecule has 0 amide bonds. The van der Waals surface area contributed by atoms with Gasteiger partial charge in [-0.05, 0) is 49.6 Å². The standard InChI is InChI=1S/C21H26F2N4/c1-5-7-14(19-11-18(12(2)3)26-27-19)21(25)13(4)10-17(24)20-15(22)8-6-9-16(20)23/h6,8-10,14H,2,5,7,11,24-25H2,1,3-4H3/b17-10-,21-13-. The quantitative estimate of drug-likeness (QED) is 0.681. The third-order valence-corrected chi connectivity index (χ3v) is 4.57. The number of nitrogens with zero attached hydrogens (tertiary/aromatic N) is 2. The Balaban J connectivity index is 2.34. The molecule has 6 heteroatoms. The highest BCUT2D eigenvalue weighted by Crippen LogP contribution is 2.26. The molecule has 1 aromatic rings. The van der Waals surface area contributed by atoms with Gasteiger partial charge < -0.3 is 11.5 Å². The summed E-state index contributed by atoms with van der Waals surface area (Å²) in [5.74, 6) is -1.52.